The summed E-state index contributed by atoms with van der Waals surface area (Å²) in [7, 11) is 0. The molecule has 0 heterocycles. The molecule has 1 rings (SSSR count). The zero-order valence-corrected chi connectivity index (χ0v) is 7.85. The van der Waals surface area contributed by atoms with Crippen molar-refractivity contribution in [3.05, 3.63) is 11.6 Å². The van der Waals surface area contributed by atoms with Gasteiger partial charge in [-0.15, -0.1) is 0 Å². The Bertz CT molecular complexity index is 149. The molecule has 0 bridgehead atoms. The van der Waals surface area contributed by atoms with Gasteiger partial charge in [-0.1, -0.05) is 25.5 Å². The molecule has 2 atom stereocenters. The second-order valence-electron chi connectivity index (χ2n) is 3.63. The summed E-state index contributed by atoms with van der Waals surface area (Å²) in [5.41, 5.74) is 1.55. The van der Waals surface area contributed by atoms with Gasteiger partial charge >= 0.3 is 0 Å². The lowest BCUT2D eigenvalue weighted by Crippen LogP contribution is -2.36. The average molecular weight is 153 g/mol. The van der Waals surface area contributed by atoms with Crippen LogP contribution in [-0.2, 0) is 0 Å². The Morgan fingerprint density at radius 1 is 1.64 bits per heavy atom. The monoisotopic (exact) mass is 153 g/mol. The Morgan fingerprint density at radius 3 is 3.00 bits per heavy atom. The van der Waals surface area contributed by atoms with E-state index >= 15 is 0 Å². The van der Waals surface area contributed by atoms with Crippen LogP contribution in [-0.4, -0.2) is 12.6 Å². The standard InChI is InChI=1S/C10H19N/c1-4-11-10-7-8(2)5-6-9(10)3/h5,9-11H,4,6-7H2,1-3H3. The summed E-state index contributed by atoms with van der Waals surface area (Å²) in [6, 6.07) is 0.727. The van der Waals surface area contributed by atoms with Crippen molar-refractivity contribution in [2.45, 2.75) is 39.7 Å². The van der Waals surface area contributed by atoms with Crippen molar-refractivity contribution in [3.63, 3.8) is 0 Å². The van der Waals surface area contributed by atoms with Crippen molar-refractivity contribution in [2.24, 2.45) is 5.92 Å². The fraction of sp³-hybridized carbons (Fsp3) is 0.800. The van der Waals surface area contributed by atoms with Gasteiger partial charge in [0, 0.05) is 6.04 Å². The Labute approximate surface area is 69.9 Å². The van der Waals surface area contributed by atoms with E-state index in [1.807, 2.05) is 0 Å². The van der Waals surface area contributed by atoms with Crippen LogP contribution in [0.1, 0.15) is 33.6 Å². The van der Waals surface area contributed by atoms with Crippen molar-refractivity contribution < 1.29 is 0 Å². The summed E-state index contributed by atoms with van der Waals surface area (Å²) < 4.78 is 0. The van der Waals surface area contributed by atoms with Crippen LogP contribution in [0.5, 0.6) is 0 Å². The number of allylic oxidation sites excluding steroid dienone is 1. The highest BCUT2D eigenvalue weighted by molar-refractivity contribution is 5.07. The maximum absolute atomic E-state index is 3.52. The fourth-order valence-electron chi connectivity index (χ4n) is 1.72. The van der Waals surface area contributed by atoms with Gasteiger partial charge in [0.2, 0.25) is 0 Å². The second-order valence-corrected chi connectivity index (χ2v) is 3.63. The largest absolute Gasteiger partial charge is 0.314 e. The van der Waals surface area contributed by atoms with Crippen LogP contribution in [0.25, 0.3) is 0 Å². The van der Waals surface area contributed by atoms with E-state index in [-0.39, 0.29) is 0 Å². The van der Waals surface area contributed by atoms with Gasteiger partial charge in [0.25, 0.3) is 0 Å². The van der Waals surface area contributed by atoms with Gasteiger partial charge in [0.05, 0.1) is 0 Å². The first-order chi connectivity index (χ1) is 5.24. The molecule has 0 amide bonds. The third kappa shape index (κ3) is 2.33. The molecule has 64 valence electrons. The summed E-state index contributed by atoms with van der Waals surface area (Å²) in [6.07, 6.45) is 4.87. The van der Waals surface area contributed by atoms with E-state index in [2.05, 4.69) is 32.2 Å². The van der Waals surface area contributed by atoms with Crippen molar-refractivity contribution in [1.29, 1.82) is 0 Å². The summed E-state index contributed by atoms with van der Waals surface area (Å²) in [5.74, 6) is 0.818. The van der Waals surface area contributed by atoms with Crippen LogP contribution >= 0.6 is 0 Å². The molecule has 0 aromatic carbocycles. The molecular formula is C10H19N. The number of nitrogens with one attached hydrogen (secondary N) is 1. The molecule has 11 heavy (non-hydrogen) atoms. The van der Waals surface area contributed by atoms with Gasteiger partial charge in [0.15, 0.2) is 0 Å². The smallest absolute Gasteiger partial charge is 0.0133 e. The molecular weight excluding hydrogens is 134 g/mol. The van der Waals surface area contributed by atoms with Crippen LogP contribution in [0.3, 0.4) is 0 Å². The van der Waals surface area contributed by atoms with Gasteiger partial charge in [-0.3, -0.25) is 0 Å². The molecule has 2 unspecified atom stereocenters. The lowest BCUT2D eigenvalue weighted by molar-refractivity contribution is 0.366. The fourth-order valence-corrected chi connectivity index (χ4v) is 1.72. The van der Waals surface area contributed by atoms with Crippen LogP contribution in [0.2, 0.25) is 0 Å². The molecule has 0 aromatic rings. The summed E-state index contributed by atoms with van der Waals surface area (Å²) in [4.78, 5) is 0. The minimum atomic E-state index is 0.727. The van der Waals surface area contributed by atoms with Gasteiger partial charge in [-0.2, -0.15) is 0 Å². The predicted octanol–water partition coefficient (Wildman–Crippen LogP) is 2.34. The first-order valence-electron chi connectivity index (χ1n) is 4.63. The van der Waals surface area contributed by atoms with Gasteiger partial charge in [0.1, 0.15) is 0 Å². The highest BCUT2D eigenvalue weighted by Crippen LogP contribution is 2.22. The summed E-state index contributed by atoms with van der Waals surface area (Å²) in [6.45, 7) is 7.84. The SMILES string of the molecule is CCNC1CC(C)=CCC1C. The molecule has 1 aliphatic rings. The first kappa shape index (κ1) is 8.79. The molecule has 1 nitrogen and oxygen atoms in total. The normalized spacial score (nSPS) is 31.7. The number of hydrogen-bond donors (Lipinski definition) is 1. The molecule has 1 heteroatoms. The molecule has 0 fully saturated rings. The third-order valence-electron chi connectivity index (χ3n) is 2.53. The Morgan fingerprint density at radius 2 is 2.36 bits per heavy atom. The van der Waals surface area contributed by atoms with Crippen molar-refractivity contribution in [1.82, 2.24) is 5.32 Å². The molecule has 0 saturated heterocycles. The Balaban J connectivity index is 2.46. The van der Waals surface area contributed by atoms with Crippen LogP contribution < -0.4 is 5.32 Å². The molecule has 0 aromatic heterocycles. The van der Waals surface area contributed by atoms with Gasteiger partial charge in [-0.05, 0) is 32.2 Å². The van der Waals surface area contributed by atoms with Crippen molar-refractivity contribution >= 4 is 0 Å². The van der Waals surface area contributed by atoms with Crippen molar-refractivity contribution in [2.75, 3.05) is 6.54 Å². The van der Waals surface area contributed by atoms with Gasteiger partial charge in [-0.25, -0.2) is 0 Å². The first-order valence-corrected chi connectivity index (χ1v) is 4.63. The quantitative estimate of drug-likeness (QED) is 0.600. The second kappa shape index (κ2) is 3.91. The van der Waals surface area contributed by atoms with E-state index in [9.17, 15) is 0 Å². The maximum Gasteiger partial charge on any atom is 0.0133 e. The molecule has 0 spiro atoms. The Kier molecular flexibility index (Phi) is 3.13. The number of hydrogen-bond acceptors (Lipinski definition) is 1. The minimum Gasteiger partial charge on any atom is -0.314 e. The highest BCUT2D eigenvalue weighted by atomic mass is 14.9. The predicted molar refractivity (Wildman–Crippen MR) is 49.6 cm³/mol. The topological polar surface area (TPSA) is 12.0 Å². The van der Waals surface area contributed by atoms with E-state index in [0.29, 0.717) is 0 Å². The van der Waals surface area contributed by atoms with E-state index in [1.54, 1.807) is 5.57 Å². The van der Waals surface area contributed by atoms with E-state index < -0.39 is 0 Å². The third-order valence-corrected chi connectivity index (χ3v) is 2.53. The zero-order valence-electron chi connectivity index (χ0n) is 7.85. The molecule has 1 aliphatic carbocycles. The van der Waals surface area contributed by atoms with E-state index in [4.69, 9.17) is 0 Å². The van der Waals surface area contributed by atoms with Crippen LogP contribution in [0, 0.1) is 5.92 Å². The average Bonchev–Trinajstić information content (AvgIpc) is 1.98. The van der Waals surface area contributed by atoms with Gasteiger partial charge < -0.3 is 5.32 Å². The molecule has 0 saturated carbocycles. The lowest BCUT2D eigenvalue weighted by Gasteiger charge is -2.28. The molecule has 0 radical (unpaired) electrons. The lowest BCUT2D eigenvalue weighted by atomic mass is 9.87. The Hall–Kier alpha value is -0.300. The number of rotatable bonds is 2. The maximum atomic E-state index is 3.52. The highest BCUT2D eigenvalue weighted by Gasteiger charge is 2.18. The van der Waals surface area contributed by atoms with Crippen molar-refractivity contribution in [3.8, 4) is 0 Å². The zero-order chi connectivity index (χ0) is 8.27. The molecule has 1 N–H and O–H groups in total. The summed E-state index contributed by atoms with van der Waals surface area (Å²) in [5, 5.41) is 3.52. The minimum absolute atomic E-state index is 0.727. The van der Waals surface area contributed by atoms with E-state index in [0.717, 1.165) is 18.5 Å². The van der Waals surface area contributed by atoms with E-state index in [1.165, 1.54) is 12.8 Å². The van der Waals surface area contributed by atoms with Crippen LogP contribution in [0.4, 0.5) is 0 Å². The van der Waals surface area contributed by atoms with Crippen LogP contribution in [0.15, 0.2) is 11.6 Å². The summed E-state index contributed by atoms with van der Waals surface area (Å²) >= 11 is 0. The molecule has 0 aliphatic heterocycles.